The number of hydrogen-bond donors (Lipinski definition) is 0. The van der Waals surface area contributed by atoms with Gasteiger partial charge in [-0.25, -0.2) is 14.2 Å². The summed E-state index contributed by atoms with van der Waals surface area (Å²) >= 11 is 0. The predicted molar refractivity (Wildman–Crippen MR) is 86.3 cm³/mol. The molecule has 32 heteroatoms. The molecule has 0 amide bonds. The lowest BCUT2D eigenvalue weighted by molar-refractivity contribution is -0.566. The van der Waals surface area contributed by atoms with Gasteiger partial charge in [0.2, 0.25) is 0 Å². The number of ether oxygens (including phenoxy) is 5. The molecule has 0 unspecified atom stereocenters. The molecule has 0 aromatic carbocycles. The molecule has 0 atom stereocenters. The predicted octanol–water partition coefficient (Wildman–Crippen LogP) is 8.94. The fourth-order valence-corrected chi connectivity index (χ4v) is 2.20. The van der Waals surface area contributed by atoms with Crippen LogP contribution in [-0.4, -0.2) is 92.5 Å². The zero-order valence-corrected chi connectivity index (χ0v) is 21.2. The molecule has 0 saturated carbocycles. The molecule has 0 heterocycles. The molecule has 48 heavy (non-hydrogen) atoms. The van der Waals surface area contributed by atoms with Crippen molar-refractivity contribution in [1.29, 1.82) is 0 Å². The van der Waals surface area contributed by atoms with Crippen LogP contribution in [0.25, 0.3) is 0 Å². The van der Waals surface area contributed by atoms with E-state index in [-0.39, 0.29) is 0 Å². The van der Waals surface area contributed by atoms with E-state index >= 15 is 0 Å². The molecule has 5 nitrogen and oxygen atoms in total. The van der Waals surface area contributed by atoms with Crippen molar-refractivity contribution in [2.45, 2.75) is 85.2 Å². The first-order valence-corrected chi connectivity index (χ1v) is 10.3. The van der Waals surface area contributed by atoms with E-state index < -0.39 is 98.9 Å². The number of methoxy groups -OCH3 is 1. The third kappa shape index (κ3) is 8.26. The smallest absolute Gasteiger partial charge is 0.317 e. The van der Waals surface area contributed by atoms with Gasteiger partial charge in [-0.3, -0.25) is 4.74 Å². The average Bonchev–Trinajstić information content (AvgIpc) is 2.80. The van der Waals surface area contributed by atoms with Gasteiger partial charge in [0.15, 0.2) is 0 Å². The van der Waals surface area contributed by atoms with Gasteiger partial charge in [-0.15, -0.1) is 13.2 Å². The van der Waals surface area contributed by atoms with Crippen LogP contribution in [0.5, 0.6) is 0 Å². The Labute approximate surface area is 242 Å². The Morgan fingerprint density at radius 1 is 0.333 bits per heavy atom. The number of rotatable bonds is 18. The Morgan fingerprint density at radius 2 is 0.583 bits per heavy atom. The molecule has 0 aliphatic heterocycles. The van der Waals surface area contributed by atoms with E-state index in [9.17, 15) is 119 Å². The summed E-state index contributed by atoms with van der Waals surface area (Å²) in [5.41, 5.74) is 0. The lowest BCUT2D eigenvalue weighted by Gasteiger charge is -2.40. The molecule has 290 valence electrons. The van der Waals surface area contributed by atoms with Crippen LogP contribution in [0.15, 0.2) is 0 Å². The van der Waals surface area contributed by atoms with Gasteiger partial charge < -0.3 is 4.74 Å². The van der Waals surface area contributed by atoms with E-state index in [1.165, 1.54) is 4.74 Å². The molecule has 0 N–H and O–H groups in total. The lowest BCUT2D eigenvalue weighted by Crippen LogP contribution is -2.68. The van der Waals surface area contributed by atoms with Crippen molar-refractivity contribution in [2.75, 3.05) is 13.7 Å². The summed E-state index contributed by atoms with van der Waals surface area (Å²) in [6.45, 7) is -2.82. The highest BCUT2D eigenvalue weighted by molar-refractivity contribution is 5.02. The molecule has 0 fully saturated rings. The minimum Gasteiger partial charge on any atom is -0.317 e. The molecule has 0 spiro atoms. The quantitative estimate of drug-likeness (QED) is 0.130. The van der Waals surface area contributed by atoms with E-state index in [2.05, 4.69) is 9.47 Å². The summed E-state index contributed by atoms with van der Waals surface area (Å²) in [4.78, 5) is 0. The highest BCUT2D eigenvalue weighted by Crippen LogP contribution is 2.59. The normalized spacial score (nSPS) is 16.5. The van der Waals surface area contributed by atoms with Gasteiger partial charge in [0, 0.05) is 13.5 Å². The summed E-state index contributed by atoms with van der Waals surface area (Å²) in [6.07, 6.45) is -65.1. The highest BCUT2D eigenvalue weighted by Gasteiger charge is 2.88. The van der Waals surface area contributed by atoms with Crippen molar-refractivity contribution >= 4 is 0 Å². The van der Waals surface area contributed by atoms with Crippen molar-refractivity contribution in [2.24, 2.45) is 0 Å². The zero-order valence-electron chi connectivity index (χ0n) is 21.2. The molecular weight excluding hydrogens is 785 g/mol. The first-order chi connectivity index (χ1) is 20.4. The van der Waals surface area contributed by atoms with E-state index in [1.54, 1.807) is 0 Å². The fraction of sp³-hybridized carbons (Fsp3) is 1.00. The first-order valence-electron chi connectivity index (χ1n) is 10.3. The third-order valence-electron chi connectivity index (χ3n) is 4.73. The largest absolute Gasteiger partial charge is 0.522 e. The Bertz CT molecular complexity index is 1100. The summed E-state index contributed by atoms with van der Waals surface area (Å²) in [7, 11) is -0.547. The third-order valence-corrected chi connectivity index (χ3v) is 4.73. The van der Waals surface area contributed by atoms with E-state index in [0.717, 1.165) is 9.47 Å². The Morgan fingerprint density at radius 3 is 0.833 bits per heavy atom. The fourth-order valence-electron chi connectivity index (χ4n) is 2.20. The summed E-state index contributed by atoms with van der Waals surface area (Å²) in [5.74, 6) is -40.8. The molecule has 0 aromatic rings. The van der Waals surface area contributed by atoms with Gasteiger partial charge in [0.1, 0.15) is 0 Å². The first kappa shape index (κ1) is 45.9. The molecule has 0 bridgehead atoms. The number of halogens is 27. The zero-order chi connectivity index (χ0) is 39.4. The molecule has 0 rings (SSSR count). The van der Waals surface area contributed by atoms with Gasteiger partial charge in [-0.05, 0) is 0 Å². The monoisotopic (exact) mass is 792 g/mol. The summed E-state index contributed by atoms with van der Waals surface area (Å²) < 4.78 is 364. The van der Waals surface area contributed by atoms with Crippen LogP contribution in [0.3, 0.4) is 0 Å². The van der Waals surface area contributed by atoms with E-state index in [0.29, 0.717) is 0 Å². The van der Waals surface area contributed by atoms with Crippen molar-refractivity contribution in [3.8, 4) is 0 Å². The second-order valence-corrected chi connectivity index (χ2v) is 8.17. The van der Waals surface area contributed by atoms with Gasteiger partial charge in [0.25, 0.3) is 0 Å². The number of hydrogen-bond acceptors (Lipinski definition) is 5. The van der Waals surface area contributed by atoms with Crippen molar-refractivity contribution < 1.29 is 142 Å². The minimum atomic E-state index is -8.78. The van der Waals surface area contributed by atoms with Gasteiger partial charge in [-0.1, -0.05) is 0 Å². The highest BCUT2D eigenvalue weighted by atomic mass is 19.4. The van der Waals surface area contributed by atoms with Crippen LogP contribution in [0.4, 0.5) is 119 Å². The Kier molecular flexibility index (Phi) is 12.0. The van der Waals surface area contributed by atoms with Gasteiger partial charge in [-0.2, -0.15) is 105 Å². The topological polar surface area (TPSA) is 46.2 Å². The van der Waals surface area contributed by atoms with Crippen LogP contribution in [0.2, 0.25) is 0 Å². The molecule has 0 radical (unpaired) electrons. The standard InChI is InChI=1S/C16H7F27O5/c1-44-12(33,34)13(35,36)46-10(29,30)7(23,24)8(25,26)11(31,32)48-15(39,40)14(37,38)47-9(27,28)6(21,22)5(19,20)4(17,18)2-3-45-16(41,42)43/h2-3H2,1H3. The van der Waals surface area contributed by atoms with Crippen LogP contribution in [-0.2, 0) is 23.7 Å². The van der Waals surface area contributed by atoms with E-state index in [4.69, 9.17) is 0 Å². The maximum atomic E-state index is 13.5. The second kappa shape index (κ2) is 12.6. The second-order valence-electron chi connectivity index (χ2n) is 8.17. The SMILES string of the molecule is COC(F)(F)C(F)(F)OC(F)(F)C(F)(F)C(F)(F)C(F)(F)OC(F)(F)C(F)(F)OC(F)(F)C(F)(F)C(F)(F)C(F)(F)CCOC(F)(F)F. The van der Waals surface area contributed by atoms with Crippen molar-refractivity contribution in [3.05, 3.63) is 0 Å². The van der Waals surface area contributed by atoms with Gasteiger partial charge >= 0.3 is 78.7 Å². The molecule has 0 aromatic heterocycles. The maximum Gasteiger partial charge on any atom is 0.522 e. The summed E-state index contributed by atoms with van der Waals surface area (Å²) in [5, 5.41) is 0. The van der Waals surface area contributed by atoms with Crippen LogP contribution in [0, 0.1) is 0 Å². The maximum absolute atomic E-state index is 13.5. The van der Waals surface area contributed by atoms with Crippen molar-refractivity contribution in [1.82, 2.24) is 0 Å². The molecule has 0 saturated heterocycles. The lowest BCUT2D eigenvalue weighted by atomic mass is 10.0. The average molecular weight is 792 g/mol. The minimum absolute atomic E-state index is 0.547. The van der Waals surface area contributed by atoms with E-state index in [1.807, 2.05) is 0 Å². The van der Waals surface area contributed by atoms with Crippen molar-refractivity contribution in [3.63, 3.8) is 0 Å². The Balaban J connectivity index is 6.51. The van der Waals surface area contributed by atoms with Crippen LogP contribution >= 0.6 is 0 Å². The molecular formula is C16H7F27O5. The molecule has 0 aliphatic carbocycles. The van der Waals surface area contributed by atoms with Gasteiger partial charge in [0.05, 0.1) is 6.61 Å². The Hall–Kier alpha value is -2.09. The number of alkyl halides is 27. The molecule has 0 aliphatic rings. The summed E-state index contributed by atoms with van der Waals surface area (Å²) in [6, 6.07) is 0. The van der Waals surface area contributed by atoms with Crippen LogP contribution in [0.1, 0.15) is 6.42 Å². The van der Waals surface area contributed by atoms with Crippen LogP contribution < -0.4 is 0 Å².